The first-order valence-corrected chi connectivity index (χ1v) is 13.1. The maximum atomic E-state index is 14.4. The van der Waals surface area contributed by atoms with Crippen molar-refractivity contribution >= 4 is 11.9 Å². The molecule has 1 aliphatic heterocycles. The molecule has 0 radical (unpaired) electrons. The quantitative estimate of drug-likeness (QED) is 0.414. The van der Waals surface area contributed by atoms with E-state index >= 15 is 0 Å². The number of hydrogen-bond acceptors (Lipinski definition) is 4. The van der Waals surface area contributed by atoms with Crippen LogP contribution in [0.1, 0.15) is 80.4 Å². The fraction of sp³-hybridized carbons (Fsp3) is 0.593. The van der Waals surface area contributed by atoms with Gasteiger partial charge in [0.2, 0.25) is 0 Å². The molecule has 7 nitrogen and oxygen atoms in total. The van der Waals surface area contributed by atoms with E-state index in [-0.39, 0.29) is 36.0 Å². The third-order valence-electron chi connectivity index (χ3n) is 7.42. The number of carbonyl (C=O) groups is 2. The molecule has 2 aromatic rings. The van der Waals surface area contributed by atoms with Gasteiger partial charge in [0.15, 0.2) is 5.69 Å². The number of aliphatic carboxylic acids is 1. The fourth-order valence-corrected chi connectivity index (χ4v) is 5.61. The largest absolute Gasteiger partial charge is 0.481 e. The van der Waals surface area contributed by atoms with Gasteiger partial charge in [0.1, 0.15) is 5.67 Å². The number of halogens is 4. The first-order valence-electron chi connectivity index (χ1n) is 13.1. The molecule has 1 saturated carbocycles. The van der Waals surface area contributed by atoms with Crippen LogP contribution in [0.5, 0.6) is 0 Å². The number of carboxylic acids is 1. The molecule has 38 heavy (non-hydrogen) atoms. The minimum absolute atomic E-state index is 0.0556. The van der Waals surface area contributed by atoms with Crippen LogP contribution in [0.2, 0.25) is 0 Å². The highest BCUT2D eigenvalue weighted by Gasteiger charge is 2.36. The number of aromatic nitrogens is 2. The first-order chi connectivity index (χ1) is 17.9. The highest BCUT2D eigenvalue weighted by molar-refractivity contribution is 5.94. The Balaban J connectivity index is 1.57. The van der Waals surface area contributed by atoms with Crippen molar-refractivity contribution in [2.24, 2.45) is 0 Å². The van der Waals surface area contributed by atoms with E-state index in [2.05, 4.69) is 10.4 Å². The molecule has 1 aromatic carbocycles. The second-order valence-electron chi connectivity index (χ2n) is 10.7. The Bertz CT molecular complexity index is 1140. The summed E-state index contributed by atoms with van der Waals surface area (Å²) in [5.74, 6) is -1.74. The van der Waals surface area contributed by atoms with Crippen molar-refractivity contribution in [1.29, 1.82) is 0 Å². The van der Waals surface area contributed by atoms with E-state index in [0.717, 1.165) is 31.7 Å². The molecule has 2 unspecified atom stereocenters. The fourth-order valence-electron chi connectivity index (χ4n) is 5.61. The van der Waals surface area contributed by atoms with Crippen molar-refractivity contribution in [3.63, 3.8) is 0 Å². The van der Waals surface area contributed by atoms with Gasteiger partial charge in [-0.25, -0.2) is 4.39 Å². The molecular weight excluding hydrogens is 504 g/mol. The van der Waals surface area contributed by atoms with Crippen LogP contribution in [-0.4, -0.2) is 63.0 Å². The third-order valence-corrected chi connectivity index (χ3v) is 7.42. The predicted octanol–water partition coefficient (Wildman–Crippen LogP) is 5.47. The highest BCUT2D eigenvalue weighted by atomic mass is 19.4. The summed E-state index contributed by atoms with van der Waals surface area (Å²) in [5.41, 5.74) is -2.02. The summed E-state index contributed by atoms with van der Waals surface area (Å²) in [6, 6.07) is 5.70. The zero-order valence-electron chi connectivity index (χ0n) is 21.4. The minimum atomic E-state index is -4.58. The number of carboxylic acid groups (broad SMARTS) is 1. The zero-order valence-corrected chi connectivity index (χ0v) is 21.4. The van der Waals surface area contributed by atoms with E-state index in [1.54, 1.807) is 6.92 Å². The van der Waals surface area contributed by atoms with E-state index in [4.69, 9.17) is 0 Å². The van der Waals surface area contributed by atoms with Crippen molar-refractivity contribution in [2.75, 3.05) is 19.6 Å². The van der Waals surface area contributed by atoms with Gasteiger partial charge in [-0.15, -0.1) is 0 Å². The van der Waals surface area contributed by atoms with Gasteiger partial charge in [0, 0.05) is 24.7 Å². The molecule has 1 saturated heterocycles. The van der Waals surface area contributed by atoms with Gasteiger partial charge in [-0.1, -0.05) is 31.0 Å². The number of hydrogen-bond donors (Lipinski definition) is 2. The average molecular weight is 539 g/mol. The average Bonchev–Trinajstić information content (AvgIpc) is 3.51. The SMILES string of the molecule is CC1(F)CCCN(CCC(CC(=O)O)NC(=O)c2cc(-c3ccccc3C(F)(F)F)n(C3CCCC3)n2)C1. The number of likely N-dealkylation sites (tertiary alicyclic amines) is 1. The van der Waals surface area contributed by atoms with Gasteiger partial charge >= 0.3 is 12.1 Å². The number of alkyl halides is 4. The summed E-state index contributed by atoms with van der Waals surface area (Å²) in [6.45, 7) is 2.90. The molecule has 208 valence electrons. The summed E-state index contributed by atoms with van der Waals surface area (Å²) in [7, 11) is 0. The minimum Gasteiger partial charge on any atom is -0.481 e. The Kier molecular flexibility index (Phi) is 8.44. The smallest absolute Gasteiger partial charge is 0.417 e. The molecular formula is C27H34F4N4O3. The van der Waals surface area contributed by atoms with E-state index < -0.39 is 35.3 Å². The van der Waals surface area contributed by atoms with Gasteiger partial charge in [0.25, 0.3) is 5.91 Å². The molecule has 2 aliphatic rings. The highest BCUT2D eigenvalue weighted by Crippen LogP contribution is 2.40. The van der Waals surface area contributed by atoms with Crippen molar-refractivity contribution in [2.45, 2.75) is 82.2 Å². The molecule has 2 heterocycles. The maximum Gasteiger partial charge on any atom is 0.417 e. The van der Waals surface area contributed by atoms with Gasteiger partial charge in [-0.05, 0) is 57.7 Å². The number of amides is 1. The van der Waals surface area contributed by atoms with E-state index in [1.165, 1.54) is 28.9 Å². The van der Waals surface area contributed by atoms with Crippen molar-refractivity contribution in [1.82, 2.24) is 20.0 Å². The summed E-state index contributed by atoms with van der Waals surface area (Å²) >= 11 is 0. The lowest BCUT2D eigenvalue weighted by Crippen LogP contribution is -2.46. The Morgan fingerprint density at radius 1 is 1.21 bits per heavy atom. The summed E-state index contributed by atoms with van der Waals surface area (Å²) in [4.78, 5) is 26.6. The van der Waals surface area contributed by atoms with Crippen LogP contribution >= 0.6 is 0 Å². The Morgan fingerprint density at radius 2 is 1.92 bits per heavy atom. The lowest BCUT2D eigenvalue weighted by Gasteiger charge is -2.35. The molecule has 4 rings (SSSR count). The lowest BCUT2D eigenvalue weighted by molar-refractivity contribution is -0.138. The third kappa shape index (κ3) is 6.92. The van der Waals surface area contributed by atoms with Crippen LogP contribution in [0.15, 0.2) is 30.3 Å². The number of piperidine rings is 1. The van der Waals surface area contributed by atoms with Crippen LogP contribution in [0.25, 0.3) is 11.3 Å². The van der Waals surface area contributed by atoms with E-state index in [0.29, 0.717) is 32.4 Å². The van der Waals surface area contributed by atoms with Crippen LogP contribution in [0.3, 0.4) is 0 Å². The topological polar surface area (TPSA) is 87.5 Å². The van der Waals surface area contributed by atoms with Gasteiger partial charge < -0.3 is 15.3 Å². The molecule has 2 N–H and O–H groups in total. The summed E-state index contributed by atoms with van der Waals surface area (Å²) in [6.07, 6.45) is -0.125. The number of nitrogens with zero attached hydrogens (tertiary/aromatic N) is 3. The van der Waals surface area contributed by atoms with E-state index in [9.17, 15) is 32.3 Å². The molecule has 11 heteroatoms. The molecule has 0 spiro atoms. The molecule has 1 amide bonds. The molecule has 1 aromatic heterocycles. The normalized spacial score (nSPS) is 21.9. The second-order valence-corrected chi connectivity index (χ2v) is 10.7. The Hall–Kier alpha value is -2.95. The number of rotatable bonds is 9. The number of benzene rings is 1. The lowest BCUT2D eigenvalue weighted by atomic mass is 9.96. The Morgan fingerprint density at radius 3 is 2.58 bits per heavy atom. The summed E-state index contributed by atoms with van der Waals surface area (Å²) in [5, 5.41) is 16.5. The molecule has 0 bridgehead atoms. The van der Waals surface area contributed by atoms with Gasteiger partial charge in [0.05, 0.1) is 23.7 Å². The first kappa shape index (κ1) is 28.1. The standard InChI is InChI=1S/C27H34F4N4O3/c1-26(28)12-6-13-34(17-26)14-11-18(15-24(36)37)32-25(38)22-16-23(35(33-22)19-7-2-3-8-19)20-9-4-5-10-21(20)27(29,30)31/h4-5,9-10,16,18-19H,2-3,6-8,11-15,17H2,1H3,(H,32,38)(H,36,37). The summed E-state index contributed by atoms with van der Waals surface area (Å²) < 4.78 is 57.3. The Labute approximate surface area is 219 Å². The van der Waals surface area contributed by atoms with Crippen molar-refractivity contribution in [3.8, 4) is 11.3 Å². The maximum absolute atomic E-state index is 14.4. The number of carbonyl (C=O) groups excluding carboxylic acids is 1. The van der Waals surface area contributed by atoms with Crippen LogP contribution in [0.4, 0.5) is 17.6 Å². The van der Waals surface area contributed by atoms with E-state index in [1.807, 2.05) is 4.90 Å². The zero-order chi connectivity index (χ0) is 27.5. The van der Waals surface area contributed by atoms with Crippen LogP contribution in [0, 0.1) is 0 Å². The number of nitrogens with one attached hydrogen (secondary N) is 1. The van der Waals surface area contributed by atoms with Crippen LogP contribution in [-0.2, 0) is 11.0 Å². The molecule has 2 fully saturated rings. The van der Waals surface area contributed by atoms with Crippen LogP contribution < -0.4 is 5.32 Å². The van der Waals surface area contributed by atoms with Crippen molar-refractivity contribution in [3.05, 3.63) is 41.6 Å². The molecule has 2 atom stereocenters. The van der Waals surface area contributed by atoms with Crippen molar-refractivity contribution < 1.29 is 32.3 Å². The van der Waals surface area contributed by atoms with Gasteiger partial charge in [-0.2, -0.15) is 18.3 Å². The molecule has 1 aliphatic carbocycles. The van der Waals surface area contributed by atoms with Gasteiger partial charge in [-0.3, -0.25) is 14.3 Å². The monoisotopic (exact) mass is 538 g/mol. The second kappa shape index (κ2) is 11.4. The predicted molar refractivity (Wildman–Crippen MR) is 133 cm³/mol.